The highest BCUT2D eigenvalue weighted by Gasteiger charge is 2.22. The van der Waals surface area contributed by atoms with E-state index in [2.05, 4.69) is 10.5 Å². The van der Waals surface area contributed by atoms with Gasteiger partial charge in [0.2, 0.25) is 10.0 Å². The van der Waals surface area contributed by atoms with E-state index in [1.807, 2.05) is 19.1 Å². The van der Waals surface area contributed by atoms with Crippen molar-refractivity contribution in [1.29, 1.82) is 0 Å². The predicted octanol–water partition coefficient (Wildman–Crippen LogP) is 4.14. The molecule has 0 aliphatic carbocycles. The number of rotatable bonds is 12. The van der Waals surface area contributed by atoms with Crippen molar-refractivity contribution in [2.75, 3.05) is 23.7 Å². The summed E-state index contributed by atoms with van der Waals surface area (Å²) in [7, 11) is -3.92. The number of nitro groups is 1. The Hall–Kier alpha value is -4.16. The molecule has 200 valence electrons. The molecule has 3 rings (SSSR count). The summed E-state index contributed by atoms with van der Waals surface area (Å²) in [5, 5.41) is 15.5. The summed E-state index contributed by atoms with van der Waals surface area (Å²) in [5.74, 6) is 0.233. The van der Waals surface area contributed by atoms with E-state index in [9.17, 15) is 23.3 Å². The van der Waals surface area contributed by atoms with E-state index in [-0.39, 0.29) is 18.0 Å². The van der Waals surface area contributed by atoms with Crippen molar-refractivity contribution in [3.8, 4) is 11.5 Å². The first-order valence-corrected chi connectivity index (χ1v) is 13.5. The number of benzene rings is 3. The summed E-state index contributed by atoms with van der Waals surface area (Å²) in [4.78, 5) is 22.8. The Labute approximate surface area is 224 Å². The van der Waals surface area contributed by atoms with Crippen molar-refractivity contribution >= 4 is 45.1 Å². The van der Waals surface area contributed by atoms with E-state index < -0.39 is 27.4 Å². The molecule has 0 spiro atoms. The lowest BCUT2D eigenvalue weighted by atomic mass is 10.2. The summed E-state index contributed by atoms with van der Waals surface area (Å²) < 4.78 is 36.8. The van der Waals surface area contributed by atoms with Crippen LogP contribution in [0.25, 0.3) is 0 Å². The standard InChI is InChI=1S/C25H25ClN4O7S/c1-3-36-24-13-18(10-11-23(24)37-17-19-6-4-7-20(26)12-19)15-27-28-25(31)16-29(38(2,34)35)21-8-5-9-22(14-21)30(32)33/h4-15H,3,16-17H2,1-2H3,(H,28,31)/b27-15-. The number of ether oxygens (including phenoxy) is 2. The molecule has 0 aliphatic heterocycles. The summed E-state index contributed by atoms with van der Waals surface area (Å²) >= 11 is 6.02. The fourth-order valence-electron chi connectivity index (χ4n) is 3.29. The van der Waals surface area contributed by atoms with Crippen LogP contribution < -0.4 is 19.2 Å². The maximum Gasteiger partial charge on any atom is 0.271 e. The van der Waals surface area contributed by atoms with Crippen LogP contribution in [0, 0.1) is 10.1 Å². The molecular formula is C25H25ClN4O7S. The second-order valence-electron chi connectivity index (χ2n) is 7.90. The number of nitrogens with one attached hydrogen (secondary N) is 1. The minimum absolute atomic E-state index is 0.0180. The molecule has 0 atom stereocenters. The van der Waals surface area contributed by atoms with Gasteiger partial charge in [-0.2, -0.15) is 5.10 Å². The lowest BCUT2D eigenvalue weighted by Crippen LogP contribution is -2.39. The van der Waals surface area contributed by atoms with Crippen molar-refractivity contribution in [1.82, 2.24) is 5.43 Å². The van der Waals surface area contributed by atoms with Crippen molar-refractivity contribution in [3.63, 3.8) is 0 Å². The quantitative estimate of drug-likeness (QED) is 0.199. The van der Waals surface area contributed by atoms with Crippen molar-refractivity contribution in [2.24, 2.45) is 5.10 Å². The molecule has 11 nitrogen and oxygen atoms in total. The molecule has 0 saturated heterocycles. The van der Waals surface area contributed by atoms with E-state index in [0.717, 1.165) is 22.2 Å². The number of nitro benzene ring substituents is 1. The molecule has 0 heterocycles. The van der Waals surface area contributed by atoms with Crippen molar-refractivity contribution in [3.05, 3.63) is 93.0 Å². The van der Waals surface area contributed by atoms with Crippen LogP contribution in [0.4, 0.5) is 11.4 Å². The number of halogens is 1. The van der Waals surface area contributed by atoms with Crippen LogP contribution in [0.15, 0.2) is 71.8 Å². The van der Waals surface area contributed by atoms with Gasteiger partial charge in [0.05, 0.1) is 29.7 Å². The van der Waals surface area contributed by atoms with Gasteiger partial charge in [0.15, 0.2) is 11.5 Å². The zero-order valence-electron chi connectivity index (χ0n) is 20.5. The number of carbonyl (C=O) groups is 1. The number of nitrogens with zero attached hydrogens (tertiary/aromatic N) is 3. The summed E-state index contributed by atoms with van der Waals surface area (Å²) in [6, 6.07) is 17.4. The Morgan fingerprint density at radius 2 is 1.87 bits per heavy atom. The SMILES string of the molecule is CCOc1cc(/C=N\NC(=O)CN(c2cccc([N+](=O)[O-])c2)S(C)(=O)=O)ccc1OCc1cccc(Cl)c1. The van der Waals surface area contributed by atoms with Gasteiger partial charge in [-0.3, -0.25) is 19.2 Å². The molecule has 0 aliphatic rings. The molecule has 0 aromatic heterocycles. The molecule has 1 N–H and O–H groups in total. The second-order valence-corrected chi connectivity index (χ2v) is 10.2. The predicted molar refractivity (Wildman–Crippen MR) is 144 cm³/mol. The van der Waals surface area contributed by atoms with E-state index in [0.29, 0.717) is 28.7 Å². The third kappa shape index (κ3) is 8.18. The maximum atomic E-state index is 12.4. The fraction of sp³-hybridized carbons (Fsp3) is 0.200. The number of hydrazone groups is 1. The first kappa shape index (κ1) is 28.4. The highest BCUT2D eigenvalue weighted by molar-refractivity contribution is 7.92. The van der Waals surface area contributed by atoms with Crippen LogP contribution in [0.1, 0.15) is 18.1 Å². The first-order chi connectivity index (χ1) is 18.1. The van der Waals surface area contributed by atoms with Gasteiger partial charge in [0.1, 0.15) is 13.2 Å². The third-order valence-corrected chi connectivity index (χ3v) is 6.35. The molecule has 0 radical (unpaired) electrons. The Balaban J connectivity index is 1.67. The van der Waals surface area contributed by atoms with Crippen LogP contribution >= 0.6 is 11.6 Å². The van der Waals surface area contributed by atoms with Gasteiger partial charge in [-0.25, -0.2) is 13.8 Å². The van der Waals surface area contributed by atoms with Crippen LogP contribution in [0.5, 0.6) is 11.5 Å². The molecule has 0 fully saturated rings. The zero-order valence-corrected chi connectivity index (χ0v) is 22.1. The van der Waals surface area contributed by atoms with E-state index >= 15 is 0 Å². The van der Waals surface area contributed by atoms with Crippen molar-refractivity contribution in [2.45, 2.75) is 13.5 Å². The monoisotopic (exact) mass is 560 g/mol. The van der Waals surface area contributed by atoms with Crippen LogP contribution in [0.3, 0.4) is 0 Å². The maximum absolute atomic E-state index is 12.4. The van der Waals surface area contributed by atoms with E-state index in [1.165, 1.54) is 24.4 Å². The number of anilines is 1. The topological polar surface area (TPSA) is 140 Å². The number of non-ortho nitro benzene ring substituents is 1. The van der Waals surface area contributed by atoms with Crippen molar-refractivity contribution < 1.29 is 27.6 Å². The minimum atomic E-state index is -3.92. The average molecular weight is 561 g/mol. The highest BCUT2D eigenvalue weighted by Crippen LogP contribution is 2.29. The molecular weight excluding hydrogens is 536 g/mol. The number of amides is 1. The van der Waals surface area contributed by atoms with Gasteiger partial charge in [0.25, 0.3) is 11.6 Å². The lowest BCUT2D eigenvalue weighted by molar-refractivity contribution is -0.384. The molecule has 13 heteroatoms. The Morgan fingerprint density at radius 3 is 2.55 bits per heavy atom. The van der Waals surface area contributed by atoms with E-state index in [4.69, 9.17) is 21.1 Å². The number of hydrogen-bond acceptors (Lipinski definition) is 8. The summed E-state index contributed by atoms with van der Waals surface area (Å²) in [6.45, 7) is 1.88. The third-order valence-electron chi connectivity index (χ3n) is 4.97. The molecule has 0 bridgehead atoms. The van der Waals surface area contributed by atoms with Gasteiger partial charge in [-0.15, -0.1) is 0 Å². The molecule has 1 amide bonds. The van der Waals surface area contributed by atoms with Gasteiger partial charge in [-0.05, 0) is 54.4 Å². The van der Waals surface area contributed by atoms with Crippen LogP contribution in [-0.4, -0.2) is 44.9 Å². The van der Waals surface area contributed by atoms with Gasteiger partial charge >= 0.3 is 0 Å². The molecule has 3 aromatic carbocycles. The van der Waals surface area contributed by atoms with E-state index in [1.54, 1.807) is 30.3 Å². The largest absolute Gasteiger partial charge is 0.490 e. The molecule has 3 aromatic rings. The summed E-state index contributed by atoms with van der Waals surface area (Å²) in [5.41, 5.74) is 3.42. The highest BCUT2D eigenvalue weighted by atomic mass is 35.5. The number of carbonyl (C=O) groups excluding carboxylic acids is 1. The lowest BCUT2D eigenvalue weighted by Gasteiger charge is -2.21. The van der Waals surface area contributed by atoms with Crippen LogP contribution in [0.2, 0.25) is 5.02 Å². The molecule has 38 heavy (non-hydrogen) atoms. The van der Waals surface area contributed by atoms with Gasteiger partial charge in [0, 0.05) is 17.2 Å². The normalized spacial score (nSPS) is 11.2. The van der Waals surface area contributed by atoms with Gasteiger partial charge < -0.3 is 9.47 Å². The first-order valence-electron chi connectivity index (χ1n) is 11.2. The fourth-order valence-corrected chi connectivity index (χ4v) is 4.35. The average Bonchev–Trinajstić information content (AvgIpc) is 2.86. The minimum Gasteiger partial charge on any atom is -0.490 e. The zero-order chi connectivity index (χ0) is 27.7. The Morgan fingerprint density at radius 1 is 1.11 bits per heavy atom. The Kier molecular flexibility index (Phi) is 9.63. The molecule has 0 saturated carbocycles. The summed E-state index contributed by atoms with van der Waals surface area (Å²) in [6.07, 6.45) is 2.26. The van der Waals surface area contributed by atoms with Crippen LogP contribution in [-0.2, 0) is 21.4 Å². The molecule has 0 unspecified atom stereocenters. The smallest absolute Gasteiger partial charge is 0.271 e. The number of sulfonamides is 1. The number of hydrogen-bond donors (Lipinski definition) is 1. The van der Waals surface area contributed by atoms with Gasteiger partial charge in [-0.1, -0.05) is 29.8 Å². The Bertz CT molecular complexity index is 1450. The second kappa shape index (κ2) is 12.9.